The standard InChI is InChI=1S/C16H24N4S/c1-5-20-14-7-6-12(10-18-19-15(17)21)8-13(14)11(2)9-16(20,3)4/h6-8,10-11H,5,9H2,1-4H3,(H3,17,19,21)/b18-10+. The number of hydrazone groups is 1. The number of anilines is 1. The Morgan fingerprint density at radius 1 is 1.57 bits per heavy atom. The summed E-state index contributed by atoms with van der Waals surface area (Å²) in [6, 6.07) is 6.49. The van der Waals surface area contributed by atoms with Crippen molar-refractivity contribution < 1.29 is 0 Å². The molecule has 4 nitrogen and oxygen atoms in total. The van der Waals surface area contributed by atoms with Crippen molar-refractivity contribution >= 4 is 29.2 Å². The Balaban J connectivity index is 2.33. The van der Waals surface area contributed by atoms with Crippen LogP contribution >= 0.6 is 12.2 Å². The molecule has 0 spiro atoms. The molecule has 0 aliphatic carbocycles. The lowest BCUT2D eigenvalue weighted by atomic mass is 9.79. The first-order valence-corrected chi connectivity index (χ1v) is 7.76. The van der Waals surface area contributed by atoms with E-state index in [1.54, 1.807) is 6.21 Å². The Kier molecular flexibility index (Phi) is 4.52. The van der Waals surface area contributed by atoms with Crippen LogP contribution in [0.15, 0.2) is 23.3 Å². The van der Waals surface area contributed by atoms with E-state index in [0.717, 1.165) is 18.5 Å². The molecule has 1 unspecified atom stereocenters. The van der Waals surface area contributed by atoms with Crippen molar-refractivity contribution in [3.8, 4) is 0 Å². The summed E-state index contributed by atoms with van der Waals surface area (Å²) in [5.41, 5.74) is 11.9. The molecule has 0 fully saturated rings. The summed E-state index contributed by atoms with van der Waals surface area (Å²) in [4.78, 5) is 2.48. The molecule has 1 aliphatic rings. The monoisotopic (exact) mass is 304 g/mol. The molecule has 0 amide bonds. The number of fused-ring (bicyclic) bond motifs is 1. The van der Waals surface area contributed by atoms with Crippen LogP contribution in [-0.2, 0) is 0 Å². The molecule has 0 aromatic heterocycles. The summed E-state index contributed by atoms with van der Waals surface area (Å²) in [5, 5.41) is 4.21. The highest BCUT2D eigenvalue weighted by molar-refractivity contribution is 7.80. The van der Waals surface area contributed by atoms with Gasteiger partial charge < -0.3 is 10.6 Å². The lowest BCUT2D eigenvalue weighted by Gasteiger charge is -2.47. The maximum Gasteiger partial charge on any atom is 0.184 e. The second kappa shape index (κ2) is 6.02. The van der Waals surface area contributed by atoms with Gasteiger partial charge in [-0.2, -0.15) is 5.10 Å². The highest BCUT2D eigenvalue weighted by Gasteiger charge is 2.35. The molecule has 0 radical (unpaired) electrons. The van der Waals surface area contributed by atoms with Crippen molar-refractivity contribution in [3.63, 3.8) is 0 Å². The molecule has 114 valence electrons. The zero-order valence-electron chi connectivity index (χ0n) is 13.2. The van der Waals surface area contributed by atoms with E-state index >= 15 is 0 Å². The normalized spacial score (nSPS) is 20.4. The van der Waals surface area contributed by atoms with Crippen LogP contribution in [0.1, 0.15) is 51.2 Å². The Morgan fingerprint density at radius 3 is 2.90 bits per heavy atom. The molecule has 21 heavy (non-hydrogen) atoms. The summed E-state index contributed by atoms with van der Waals surface area (Å²) in [7, 11) is 0. The molecule has 0 saturated heterocycles. The van der Waals surface area contributed by atoms with E-state index in [-0.39, 0.29) is 10.7 Å². The smallest absolute Gasteiger partial charge is 0.184 e. The summed E-state index contributed by atoms with van der Waals surface area (Å²) >= 11 is 4.73. The number of nitrogens with two attached hydrogens (primary N) is 1. The third kappa shape index (κ3) is 3.35. The molecule has 1 atom stereocenters. The van der Waals surface area contributed by atoms with Gasteiger partial charge in [0.05, 0.1) is 6.21 Å². The Labute approximate surface area is 132 Å². The number of hydrogen-bond donors (Lipinski definition) is 2. The van der Waals surface area contributed by atoms with Crippen LogP contribution in [-0.4, -0.2) is 23.4 Å². The molecule has 1 heterocycles. The van der Waals surface area contributed by atoms with Crippen molar-refractivity contribution in [2.75, 3.05) is 11.4 Å². The minimum atomic E-state index is 0.177. The molecule has 5 heteroatoms. The van der Waals surface area contributed by atoms with Gasteiger partial charge in [-0.3, -0.25) is 5.43 Å². The zero-order chi connectivity index (χ0) is 15.6. The van der Waals surface area contributed by atoms with Gasteiger partial charge in [0.25, 0.3) is 0 Å². The molecule has 2 rings (SSSR count). The highest BCUT2D eigenvalue weighted by Crippen LogP contribution is 2.43. The SMILES string of the molecule is CCN1c2ccc(/C=N/NC(N)=S)cc2C(C)CC1(C)C. The Hall–Kier alpha value is -1.62. The van der Waals surface area contributed by atoms with Gasteiger partial charge in [0.1, 0.15) is 0 Å². The van der Waals surface area contributed by atoms with Gasteiger partial charge in [-0.05, 0) is 68.6 Å². The van der Waals surface area contributed by atoms with E-state index in [0.29, 0.717) is 5.92 Å². The fraction of sp³-hybridized carbons (Fsp3) is 0.500. The molecule has 1 aliphatic heterocycles. The maximum absolute atomic E-state index is 5.36. The maximum atomic E-state index is 5.36. The molecular weight excluding hydrogens is 280 g/mol. The van der Waals surface area contributed by atoms with Crippen LogP contribution in [0.4, 0.5) is 5.69 Å². The second-order valence-electron chi connectivity index (χ2n) is 6.21. The van der Waals surface area contributed by atoms with Crippen LogP contribution < -0.4 is 16.1 Å². The van der Waals surface area contributed by atoms with E-state index in [4.69, 9.17) is 18.0 Å². The number of benzene rings is 1. The molecule has 3 N–H and O–H groups in total. The Bertz CT molecular complexity index is 565. The number of nitrogens with zero attached hydrogens (tertiary/aromatic N) is 2. The molecule has 0 saturated carbocycles. The van der Waals surface area contributed by atoms with Crippen molar-refractivity contribution in [1.29, 1.82) is 0 Å². The van der Waals surface area contributed by atoms with Gasteiger partial charge in [-0.1, -0.05) is 13.0 Å². The third-order valence-corrected chi connectivity index (χ3v) is 4.21. The zero-order valence-corrected chi connectivity index (χ0v) is 14.0. The molecular formula is C16H24N4S. The number of nitrogens with one attached hydrogen (secondary N) is 1. The Morgan fingerprint density at radius 2 is 2.29 bits per heavy atom. The number of rotatable bonds is 3. The fourth-order valence-electron chi connectivity index (χ4n) is 3.36. The lowest BCUT2D eigenvalue weighted by Crippen LogP contribution is -2.48. The van der Waals surface area contributed by atoms with Crippen molar-refractivity contribution in [1.82, 2.24) is 5.43 Å². The third-order valence-electron chi connectivity index (χ3n) is 4.11. The topological polar surface area (TPSA) is 53.6 Å². The van der Waals surface area contributed by atoms with E-state index in [1.165, 1.54) is 11.3 Å². The summed E-state index contributed by atoms with van der Waals surface area (Å²) < 4.78 is 0. The average molecular weight is 304 g/mol. The van der Waals surface area contributed by atoms with Crippen LogP contribution in [0.2, 0.25) is 0 Å². The van der Waals surface area contributed by atoms with E-state index < -0.39 is 0 Å². The summed E-state index contributed by atoms with van der Waals surface area (Å²) in [5.74, 6) is 0.537. The fourth-order valence-corrected chi connectivity index (χ4v) is 3.41. The van der Waals surface area contributed by atoms with Crippen molar-refractivity contribution in [3.05, 3.63) is 29.3 Å². The summed E-state index contributed by atoms with van der Waals surface area (Å²) in [6.45, 7) is 10.2. The van der Waals surface area contributed by atoms with Crippen LogP contribution in [0.25, 0.3) is 0 Å². The molecule has 1 aromatic carbocycles. The minimum absolute atomic E-state index is 0.177. The molecule has 0 bridgehead atoms. The minimum Gasteiger partial charge on any atom is -0.375 e. The van der Waals surface area contributed by atoms with Gasteiger partial charge in [0, 0.05) is 17.8 Å². The first-order valence-electron chi connectivity index (χ1n) is 7.35. The van der Waals surface area contributed by atoms with Gasteiger partial charge in [-0.15, -0.1) is 0 Å². The van der Waals surface area contributed by atoms with E-state index in [1.807, 2.05) is 0 Å². The van der Waals surface area contributed by atoms with Crippen LogP contribution in [0.5, 0.6) is 0 Å². The molecule has 1 aromatic rings. The van der Waals surface area contributed by atoms with E-state index in [2.05, 4.69) is 61.3 Å². The lowest BCUT2D eigenvalue weighted by molar-refractivity contribution is 0.381. The van der Waals surface area contributed by atoms with Crippen LogP contribution in [0, 0.1) is 0 Å². The largest absolute Gasteiger partial charge is 0.375 e. The predicted octanol–water partition coefficient (Wildman–Crippen LogP) is 2.97. The second-order valence-corrected chi connectivity index (χ2v) is 6.65. The van der Waals surface area contributed by atoms with E-state index in [9.17, 15) is 0 Å². The number of thiocarbonyl (C=S) groups is 1. The van der Waals surface area contributed by atoms with Gasteiger partial charge in [0.2, 0.25) is 0 Å². The first kappa shape index (κ1) is 15.8. The van der Waals surface area contributed by atoms with Gasteiger partial charge >= 0.3 is 0 Å². The number of hydrogen-bond acceptors (Lipinski definition) is 3. The highest BCUT2D eigenvalue weighted by atomic mass is 32.1. The predicted molar refractivity (Wildman–Crippen MR) is 94.1 cm³/mol. The summed E-state index contributed by atoms with van der Waals surface area (Å²) in [6.07, 6.45) is 2.90. The van der Waals surface area contributed by atoms with Crippen LogP contribution in [0.3, 0.4) is 0 Å². The quantitative estimate of drug-likeness (QED) is 0.512. The van der Waals surface area contributed by atoms with Crippen molar-refractivity contribution in [2.45, 2.75) is 45.6 Å². The van der Waals surface area contributed by atoms with Crippen molar-refractivity contribution in [2.24, 2.45) is 10.8 Å². The average Bonchev–Trinajstić information content (AvgIpc) is 2.38. The first-order chi connectivity index (χ1) is 9.85. The van der Waals surface area contributed by atoms with Gasteiger partial charge in [0.15, 0.2) is 5.11 Å². The van der Waals surface area contributed by atoms with Gasteiger partial charge in [-0.25, -0.2) is 0 Å².